The molecular weight excluding hydrogens is 217 g/mol. The number of aliphatic hydroxyl groups is 1. The highest BCUT2D eigenvalue weighted by Crippen LogP contribution is 2.42. The number of rotatable bonds is 2. The predicted octanol–water partition coefficient (Wildman–Crippen LogP) is 3.47. The highest BCUT2D eigenvalue weighted by Gasteiger charge is 2.31. The van der Waals surface area contributed by atoms with Crippen LogP contribution in [0.3, 0.4) is 0 Å². The molecule has 0 aromatic carbocycles. The van der Waals surface area contributed by atoms with E-state index in [9.17, 15) is 9.50 Å². The number of hydrogen-bond donors (Lipinski definition) is 1. The fourth-order valence-electron chi connectivity index (χ4n) is 2.60. The molecule has 0 aliphatic heterocycles. The molecule has 0 amide bonds. The Morgan fingerprint density at radius 3 is 2.59 bits per heavy atom. The van der Waals surface area contributed by atoms with Crippen LogP contribution in [0.25, 0.3) is 0 Å². The fraction of sp³-hybridized carbons (Fsp3) is 0.643. The van der Waals surface area contributed by atoms with Gasteiger partial charge >= 0.3 is 0 Å². The molecule has 0 saturated heterocycles. The summed E-state index contributed by atoms with van der Waals surface area (Å²) in [5, 5.41) is 10.2. The van der Waals surface area contributed by atoms with Gasteiger partial charge in [-0.1, -0.05) is 13.8 Å². The van der Waals surface area contributed by atoms with Gasteiger partial charge in [-0.05, 0) is 43.1 Å². The van der Waals surface area contributed by atoms with Crippen molar-refractivity contribution in [2.75, 3.05) is 0 Å². The maximum atomic E-state index is 13.0. The van der Waals surface area contributed by atoms with E-state index in [0.717, 1.165) is 25.7 Å². The van der Waals surface area contributed by atoms with Crippen molar-refractivity contribution >= 4 is 0 Å². The smallest absolute Gasteiger partial charge is 0.141 e. The highest BCUT2D eigenvalue weighted by atomic mass is 19.1. The molecule has 1 saturated carbocycles. The molecule has 1 heterocycles. The lowest BCUT2D eigenvalue weighted by Crippen LogP contribution is -2.25. The first-order chi connectivity index (χ1) is 7.98. The van der Waals surface area contributed by atoms with Crippen molar-refractivity contribution in [3.8, 4) is 0 Å². The maximum Gasteiger partial charge on any atom is 0.141 e. The molecule has 0 spiro atoms. The van der Waals surface area contributed by atoms with Crippen molar-refractivity contribution in [1.29, 1.82) is 0 Å². The Bertz CT molecular complexity index is 382. The van der Waals surface area contributed by atoms with E-state index in [-0.39, 0.29) is 11.7 Å². The summed E-state index contributed by atoms with van der Waals surface area (Å²) in [4.78, 5) is 3.79. The molecular formula is C14H20FNO. The zero-order valence-electron chi connectivity index (χ0n) is 10.5. The summed E-state index contributed by atoms with van der Waals surface area (Å²) in [6.07, 6.45) is 6.41. The van der Waals surface area contributed by atoms with Crippen LogP contribution in [0, 0.1) is 17.2 Å². The lowest BCUT2D eigenvalue weighted by atomic mass is 9.71. The molecule has 2 rings (SSSR count). The van der Waals surface area contributed by atoms with Crippen molar-refractivity contribution in [2.24, 2.45) is 11.3 Å². The van der Waals surface area contributed by atoms with E-state index in [1.807, 2.05) is 0 Å². The Hall–Kier alpha value is -0.960. The van der Waals surface area contributed by atoms with E-state index >= 15 is 0 Å². The first-order valence-corrected chi connectivity index (χ1v) is 6.26. The van der Waals surface area contributed by atoms with Gasteiger partial charge in [-0.25, -0.2) is 4.39 Å². The number of aliphatic hydroxyl groups excluding tert-OH is 1. The molecule has 0 radical (unpaired) electrons. The Morgan fingerprint density at radius 1 is 1.35 bits per heavy atom. The normalized spacial score (nSPS) is 22.4. The lowest BCUT2D eigenvalue weighted by Gasteiger charge is -2.36. The number of pyridine rings is 1. The summed E-state index contributed by atoms with van der Waals surface area (Å²) in [6, 6.07) is 1.39. The first-order valence-electron chi connectivity index (χ1n) is 6.26. The summed E-state index contributed by atoms with van der Waals surface area (Å²) in [5.74, 6) is -0.135. The predicted molar refractivity (Wildman–Crippen MR) is 64.9 cm³/mol. The van der Waals surface area contributed by atoms with Crippen LogP contribution in [0.5, 0.6) is 0 Å². The summed E-state index contributed by atoms with van der Waals surface area (Å²) in [5.41, 5.74) is 0.992. The molecule has 1 fully saturated rings. The third-order valence-electron chi connectivity index (χ3n) is 3.90. The minimum atomic E-state index is -0.575. The van der Waals surface area contributed by atoms with Crippen LogP contribution in [0.2, 0.25) is 0 Å². The van der Waals surface area contributed by atoms with Gasteiger partial charge in [0.05, 0.1) is 12.3 Å². The van der Waals surface area contributed by atoms with Crippen molar-refractivity contribution in [3.05, 3.63) is 29.8 Å². The summed E-state index contributed by atoms with van der Waals surface area (Å²) < 4.78 is 13.0. The van der Waals surface area contributed by atoms with Gasteiger partial charge in [-0.15, -0.1) is 0 Å². The molecule has 1 aliphatic rings. The highest BCUT2D eigenvalue weighted by molar-refractivity contribution is 5.14. The monoisotopic (exact) mass is 237 g/mol. The lowest BCUT2D eigenvalue weighted by molar-refractivity contribution is 0.0563. The topological polar surface area (TPSA) is 33.1 Å². The summed E-state index contributed by atoms with van der Waals surface area (Å²) >= 11 is 0. The SMILES string of the molecule is CC1(C)CCC(C(O)c2cncc(F)c2)CC1. The Morgan fingerprint density at radius 2 is 2.00 bits per heavy atom. The van der Waals surface area contributed by atoms with Crippen molar-refractivity contribution in [1.82, 2.24) is 4.98 Å². The van der Waals surface area contributed by atoms with Gasteiger partial charge in [0.1, 0.15) is 5.82 Å². The zero-order chi connectivity index (χ0) is 12.5. The average Bonchev–Trinajstić information content (AvgIpc) is 2.28. The van der Waals surface area contributed by atoms with E-state index in [2.05, 4.69) is 18.8 Å². The molecule has 1 aliphatic carbocycles. The third kappa shape index (κ3) is 3.03. The van der Waals surface area contributed by atoms with Crippen molar-refractivity contribution in [2.45, 2.75) is 45.6 Å². The Labute approximate surface area is 102 Å². The quantitative estimate of drug-likeness (QED) is 0.854. The van der Waals surface area contributed by atoms with Crippen LogP contribution >= 0.6 is 0 Å². The molecule has 1 aromatic heterocycles. The standard InChI is InChI=1S/C14H20FNO/c1-14(2)5-3-10(4-6-14)13(17)11-7-12(15)9-16-8-11/h7-10,13,17H,3-6H2,1-2H3. The van der Waals surface area contributed by atoms with E-state index in [4.69, 9.17) is 0 Å². The molecule has 0 bridgehead atoms. The minimum absolute atomic E-state index is 0.242. The maximum absolute atomic E-state index is 13.0. The van der Waals surface area contributed by atoms with Gasteiger partial charge in [0.15, 0.2) is 0 Å². The third-order valence-corrected chi connectivity index (χ3v) is 3.90. The molecule has 1 N–H and O–H groups in total. The van der Waals surface area contributed by atoms with Crippen molar-refractivity contribution < 1.29 is 9.50 Å². The molecule has 17 heavy (non-hydrogen) atoms. The van der Waals surface area contributed by atoms with Gasteiger partial charge < -0.3 is 5.11 Å². The van der Waals surface area contributed by atoms with Gasteiger partial charge in [0.2, 0.25) is 0 Å². The average molecular weight is 237 g/mol. The molecule has 1 atom stereocenters. The second kappa shape index (κ2) is 4.73. The van der Waals surface area contributed by atoms with Crippen LogP contribution in [0.15, 0.2) is 18.5 Å². The number of aromatic nitrogens is 1. The van der Waals surface area contributed by atoms with Gasteiger partial charge in [-0.3, -0.25) is 4.98 Å². The second-order valence-corrected chi connectivity index (χ2v) is 5.88. The number of nitrogens with zero attached hydrogens (tertiary/aromatic N) is 1. The molecule has 2 nitrogen and oxygen atoms in total. The Kier molecular flexibility index (Phi) is 3.48. The molecule has 3 heteroatoms. The van der Waals surface area contributed by atoms with Gasteiger partial charge in [-0.2, -0.15) is 0 Å². The number of hydrogen-bond acceptors (Lipinski definition) is 2. The zero-order valence-corrected chi connectivity index (χ0v) is 10.5. The number of halogens is 1. The fourth-order valence-corrected chi connectivity index (χ4v) is 2.60. The summed E-state index contributed by atoms with van der Waals surface area (Å²) in [6.45, 7) is 4.53. The van der Waals surface area contributed by atoms with Crippen LogP contribution < -0.4 is 0 Å². The van der Waals surface area contributed by atoms with E-state index in [0.29, 0.717) is 11.0 Å². The van der Waals surface area contributed by atoms with E-state index in [1.165, 1.54) is 12.3 Å². The summed E-state index contributed by atoms with van der Waals surface area (Å²) in [7, 11) is 0. The molecule has 1 aromatic rings. The van der Waals surface area contributed by atoms with Crippen LogP contribution in [0.4, 0.5) is 4.39 Å². The van der Waals surface area contributed by atoms with Crippen LogP contribution in [-0.2, 0) is 0 Å². The second-order valence-electron chi connectivity index (χ2n) is 5.88. The van der Waals surface area contributed by atoms with Crippen LogP contribution in [-0.4, -0.2) is 10.1 Å². The van der Waals surface area contributed by atoms with Crippen LogP contribution in [0.1, 0.15) is 51.2 Å². The van der Waals surface area contributed by atoms with Gasteiger partial charge in [0.25, 0.3) is 0 Å². The van der Waals surface area contributed by atoms with E-state index < -0.39 is 6.10 Å². The van der Waals surface area contributed by atoms with Crippen molar-refractivity contribution in [3.63, 3.8) is 0 Å². The van der Waals surface area contributed by atoms with Gasteiger partial charge in [0, 0.05) is 11.8 Å². The Balaban J connectivity index is 2.04. The molecule has 94 valence electrons. The van der Waals surface area contributed by atoms with E-state index in [1.54, 1.807) is 6.20 Å². The molecule has 1 unspecified atom stereocenters. The largest absolute Gasteiger partial charge is 0.388 e. The first kappa shape index (κ1) is 12.5. The minimum Gasteiger partial charge on any atom is -0.388 e.